The molecule has 0 N–H and O–H groups in total. The van der Waals surface area contributed by atoms with Crippen molar-refractivity contribution >= 4 is 0 Å². The average molecular weight is 433 g/mol. The molecule has 0 radical (unpaired) electrons. The third kappa shape index (κ3) is 4.62. The van der Waals surface area contributed by atoms with Crippen LogP contribution in [0.15, 0.2) is 24.3 Å². The Balaban J connectivity index is 0. The van der Waals surface area contributed by atoms with Gasteiger partial charge in [0, 0.05) is 0 Å². The summed E-state index contributed by atoms with van der Waals surface area (Å²) in [5, 5.41) is 0. The average Bonchev–Trinajstić information content (AvgIpc) is 2.26. The van der Waals surface area contributed by atoms with E-state index in [9.17, 15) is 0 Å². The molecular formula is C18H22Pt. The van der Waals surface area contributed by atoms with E-state index in [1.54, 1.807) is 0 Å². The van der Waals surface area contributed by atoms with Gasteiger partial charge in [0.2, 0.25) is 0 Å². The number of hydrogen-bond donors (Lipinski definition) is 0. The van der Waals surface area contributed by atoms with Crippen molar-refractivity contribution in [3.05, 3.63) is 73.5 Å². The Morgan fingerprint density at radius 1 is 0.632 bits per heavy atom. The van der Waals surface area contributed by atoms with E-state index in [1.807, 2.05) is 12.1 Å². The maximum Gasteiger partial charge on any atom is 4.00 e. The van der Waals surface area contributed by atoms with E-state index >= 15 is 0 Å². The summed E-state index contributed by atoms with van der Waals surface area (Å²) < 4.78 is 0. The molecule has 0 bridgehead atoms. The van der Waals surface area contributed by atoms with Crippen molar-refractivity contribution in [3.8, 4) is 11.1 Å². The van der Waals surface area contributed by atoms with Gasteiger partial charge in [0.05, 0.1) is 0 Å². The molecule has 104 valence electrons. The molecule has 0 unspecified atom stereocenters. The minimum Gasteiger partial charge on any atom is -0.358 e. The monoisotopic (exact) mass is 433 g/mol. The fraction of sp³-hybridized carbons (Fsp3) is 0.222. The molecule has 2 aromatic rings. The molecule has 0 aromatic heterocycles. The first-order valence-corrected chi connectivity index (χ1v) is 5.56. The van der Waals surface area contributed by atoms with Gasteiger partial charge in [0.25, 0.3) is 0 Å². The van der Waals surface area contributed by atoms with Crippen molar-refractivity contribution in [1.82, 2.24) is 0 Å². The van der Waals surface area contributed by atoms with Crippen LogP contribution in [0.25, 0.3) is 11.1 Å². The van der Waals surface area contributed by atoms with Gasteiger partial charge in [-0.05, 0) is 0 Å². The zero-order valence-electron chi connectivity index (χ0n) is 12.6. The van der Waals surface area contributed by atoms with Crippen LogP contribution in [0.2, 0.25) is 0 Å². The second-order valence-corrected chi connectivity index (χ2v) is 4.43. The Hall–Kier alpha value is -0.872. The Bertz CT molecular complexity index is 478. The molecule has 0 aliphatic rings. The summed E-state index contributed by atoms with van der Waals surface area (Å²) in [6.45, 7) is 8.49. The minimum absolute atomic E-state index is 0. The van der Waals surface area contributed by atoms with Crippen molar-refractivity contribution in [2.45, 2.75) is 27.7 Å². The fourth-order valence-electron chi connectivity index (χ4n) is 1.65. The minimum atomic E-state index is 0. The molecule has 1 heteroatoms. The Morgan fingerprint density at radius 3 is 1.21 bits per heavy atom. The van der Waals surface area contributed by atoms with Crippen LogP contribution in [0.5, 0.6) is 0 Å². The van der Waals surface area contributed by atoms with Crippen molar-refractivity contribution < 1.29 is 21.1 Å². The summed E-state index contributed by atoms with van der Waals surface area (Å²) in [5.41, 5.74) is 7.44. The molecule has 0 heterocycles. The smallest absolute Gasteiger partial charge is 0.358 e. The van der Waals surface area contributed by atoms with Crippen molar-refractivity contribution in [2.24, 2.45) is 0 Å². The van der Waals surface area contributed by atoms with E-state index < -0.39 is 0 Å². The molecule has 0 amide bonds. The van der Waals surface area contributed by atoms with Crippen LogP contribution in [-0.2, 0) is 21.1 Å². The van der Waals surface area contributed by atoms with Crippen molar-refractivity contribution in [2.75, 3.05) is 0 Å². The predicted octanol–water partition coefficient (Wildman–Crippen LogP) is 5.09. The van der Waals surface area contributed by atoms with Gasteiger partial charge in [-0.1, -0.05) is 27.7 Å². The van der Waals surface area contributed by atoms with E-state index in [0.717, 1.165) is 11.1 Å². The zero-order chi connectivity index (χ0) is 11.7. The van der Waals surface area contributed by atoms with Crippen LogP contribution >= 0.6 is 0 Å². The van der Waals surface area contributed by atoms with Crippen LogP contribution in [0.4, 0.5) is 0 Å². The van der Waals surface area contributed by atoms with Gasteiger partial charge < -0.3 is 14.9 Å². The number of rotatable bonds is 1. The van der Waals surface area contributed by atoms with Crippen LogP contribution in [0.1, 0.15) is 22.3 Å². The van der Waals surface area contributed by atoms with Gasteiger partial charge >= 0.3 is 21.1 Å². The fourth-order valence-corrected chi connectivity index (χ4v) is 1.65. The zero-order valence-corrected chi connectivity index (χ0v) is 14.9. The van der Waals surface area contributed by atoms with E-state index in [-0.39, 0.29) is 35.9 Å². The molecule has 0 atom stereocenters. The van der Waals surface area contributed by atoms with Gasteiger partial charge in [-0.15, -0.1) is 22.3 Å². The summed E-state index contributed by atoms with van der Waals surface area (Å²) in [5.74, 6) is 0. The Labute approximate surface area is 133 Å². The Morgan fingerprint density at radius 2 is 0.947 bits per heavy atom. The summed E-state index contributed by atoms with van der Waals surface area (Å²) in [6.07, 6.45) is 0. The number of benzene rings is 2. The largest absolute Gasteiger partial charge is 4.00 e. The van der Waals surface area contributed by atoms with Crippen LogP contribution < -0.4 is 0 Å². The van der Waals surface area contributed by atoms with Crippen LogP contribution in [0.3, 0.4) is 0 Å². The predicted molar refractivity (Wildman–Crippen MR) is 81.3 cm³/mol. The molecule has 0 aliphatic heterocycles. The quantitative estimate of drug-likeness (QED) is 0.550. The molecule has 0 saturated heterocycles. The maximum absolute atomic E-state index is 3.31. The van der Waals surface area contributed by atoms with E-state index in [4.69, 9.17) is 0 Å². The molecular weight excluding hydrogens is 411 g/mol. The second-order valence-electron chi connectivity index (χ2n) is 4.43. The van der Waals surface area contributed by atoms with Crippen LogP contribution in [0, 0.1) is 54.7 Å². The molecule has 0 nitrogen and oxygen atoms in total. The molecule has 0 saturated carbocycles. The van der Waals surface area contributed by atoms with Gasteiger partial charge in [-0.25, -0.2) is 11.1 Å². The van der Waals surface area contributed by atoms with E-state index in [2.05, 4.69) is 52.0 Å². The molecule has 0 fully saturated rings. The standard InChI is InChI=1S/C16H16.2CH3.Pt/c1-11-5-7-15(9-13(11)3)16-8-6-12(2)14(4)10-16;;;/h5-6,9-10H,1-4H3;2*1H3;/q-2;2*-1;+4. The maximum atomic E-state index is 3.31. The third-order valence-corrected chi connectivity index (χ3v) is 3.14. The number of aryl methyl sites for hydroxylation is 4. The first kappa shape index (κ1) is 20.4. The van der Waals surface area contributed by atoms with Gasteiger partial charge in [0.1, 0.15) is 0 Å². The van der Waals surface area contributed by atoms with Crippen molar-refractivity contribution in [3.63, 3.8) is 0 Å². The first-order chi connectivity index (χ1) is 7.58. The topological polar surface area (TPSA) is 0 Å². The molecule has 0 spiro atoms. The summed E-state index contributed by atoms with van der Waals surface area (Å²) in [7, 11) is 0. The normalized spacial score (nSPS) is 8.84. The van der Waals surface area contributed by atoms with Gasteiger partial charge in [0.15, 0.2) is 0 Å². The molecule has 2 aromatic carbocycles. The Kier molecular flexibility index (Phi) is 8.96. The summed E-state index contributed by atoms with van der Waals surface area (Å²) in [4.78, 5) is 0. The summed E-state index contributed by atoms with van der Waals surface area (Å²) in [6, 6.07) is 15.1. The molecule has 2 rings (SSSR count). The molecule has 0 aliphatic carbocycles. The van der Waals surface area contributed by atoms with E-state index in [1.165, 1.54) is 22.3 Å². The van der Waals surface area contributed by atoms with Crippen molar-refractivity contribution in [1.29, 1.82) is 0 Å². The SMILES string of the molecule is Cc1c[c-]c(-c2[c-]cc(C)c(C)c2)cc1C.[CH3-].[CH3-].[Pt+4]. The second kappa shape index (κ2) is 8.33. The first-order valence-electron chi connectivity index (χ1n) is 5.56. The summed E-state index contributed by atoms with van der Waals surface area (Å²) >= 11 is 0. The van der Waals surface area contributed by atoms with Gasteiger partial charge in [-0.2, -0.15) is 36.4 Å². The van der Waals surface area contributed by atoms with Gasteiger partial charge in [-0.3, -0.25) is 0 Å². The van der Waals surface area contributed by atoms with Crippen LogP contribution in [-0.4, -0.2) is 0 Å². The molecule has 19 heavy (non-hydrogen) atoms. The van der Waals surface area contributed by atoms with E-state index in [0.29, 0.717) is 0 Å². The third-order valence-electron chi connectivity index (χ3n) is 3.14. The number of hydrogen-bond acceptors (Lipinski definition) is 0.